The van der Waals surface area contributed by atoms with Gasteiger partial charge in [0.15, 0.2) is 11.5 Å². The van der Waals surface area contributed by atoms with Gasteiger partial charge in [-0.25, -0.2) is 0 Å². The van der Waals surface area contributed by atoms with Crippen LogP contribution in [0.2, 0.25) is 10.0 Å². The van der Waals surface area contributed by atoms with Crippen molar-refractivity contribution in [3.63, 3.8) is 0 Å². The van der Waals surface area contributed by atoms with E-state index in [1.54, 1.807) is 19.1 Å². The molecule has 2 saturated carbocycles. The van der Waals surface area contributed by atoms with Gasteiger partial charge in [0, 0.05) is 48.8 Å². The molecule has 1 saturated heterocycles. The van der Waals surface area contributed by atoms with E-state index in [0.717, 1.165) is 38.8 Å². The molecule has 0 bridgehead atoms. The lowest BCUT2D eigenvalue weighted by Gasteiger charge is -2.47. The van der Waals surface area contributed by atoms with Crippen molar-refractivity contribution in [1.29, 1.82) is 0 Å². The summed E-state index contributed by atoms with van der Waals surface area (Å²) in [4.78, 5) is 30.7. The minimum absolute atomic E-state index is 0.00971. The van der Waals surface area contributed by atoms with Crippen molar-refractivity contribution >= 4 is 29.1 Å². The molecule has 2 aliphatic heterocycles. The highest BCUT2D eigenvalue weighted by molar-refractivity contribution is 6.33. The molecule has 2 aromatic rings. The Kier molecular flexibility index (Phi) is 7.11. The maximum Gasteiger partial charge on any atom is 0.254 e. The van der Waals surface area contributed by atoms with Gasteiger partial charge in [-0.3, -0.25) is 14.5 Å². The van der Waals surface area contributed by atoms with Crippen LogP contribution in [0.5, 0.6) is 11.5 Å². The van der Waals surface area contributed by atoms with Crippen LogP contribution in [0.3, 0.4) is 0 Å². The van der Waals surface area contributed by atoms with Gasteiger partial charge in [-0.15, -0.1) is 0 Å². The van der Waals surface area contributed by atoms with Gasteiger partial charge < -0.3 is 24.5 Å². The summed E-state index contributed by atoms with van der Waals surface area (Å²) < 4.78 is 18.9. The largest absolute Gasteiger partial charge is 0.448 e. The molecule has 1 atom stereocenters. The van der Waals surface area contributed by atoms with E-state index < -0.39 is 5.79 Å². The smallest absolute Gasteiger partial charge is 0.254 e. The molecule has 8 nitrogen and oxygen atoms in total. The van der Waals surface area contributed by atoms with E-state index in [1.807, 2.05) is 13.8 Å². The van der Waals surface area contributed by atoms with Crippen molar-refractivity contribution in [2.24, 2.45) is 5.92 Å². The van der Waals surface area contributed by atoms with Crippen LogP contribution in [0.1, 0.15) is 72.6 Å². The molecule has 39 heavy (non-hydrogen) atoms. The van der Waals surface area contributed by atoms with Crippen molar-refractivity contribution in [3.05, 3.63) is 54.9 Å². The third-order valence-electron chi connectivity index (χ3n) is 8.68. The number of fused-ring (bicyclic) bond motifs is 1. The first-order valence-electron chi connectivity index (χ1n) is 13.9. The first kappa shape index (κ1) is 26.9. The summed E-state index contributed by atoms with van der Waals surface area (Å²) in [5.74, 6) is -0.0115. The number of benzene rings is 1. The number of carbonyl (C=O) groups excluding carboxylic acids is 1. The molecule has 6 rings (SSSR count). The minimum Gasteiger partial charge on any atom is -0.448 e. The Morgan fingerprint density at radius 1 is 1.05 bits per heavy atom. The van der Waals surface area contributed by atoms with Crippen LogP contribution in [0.15, 0.2) is 16.9 Å². The predicted octanol–water partition coefficient (Wildman–Crippen LogP) is 5.14. The van der Waals surface area contributed by atoms with Crippen LogP contribution >= 0.6 is 23.2 Å². The van der Waals surface area contributed by atoms with Crippen LogP contribution < -0.4 is 20.3 Å². The summed E-state index contributed by atoms with van der Waals surface area (Å²) in [5.41, 5.74) is 1.65. The van der Waals surface area contributed by atoms with Crippen molar-refractivity contribution < 1.29 is 19.0 Å². The van der Waals surface area contributed by atoms with E-state index in [-0.39, 0.29) is 23.9 Å². The summed E-state index contributed by atoms with van der Waals surface area (Å²) in [6.07, 6.45) is 7.56. The molecule has 1 amide bonds. The number of nitrogens with one attached hydrogen (secondary N) is 2. The van der Waals surface area contributed by atoms with Gasteiger partial charge in [-0.1, -0.05) is 23.2 Å². The van der Waals surface area contributed by atoms with E-state index >= 15 is 0 Å². The molecule has 1 aromatic carbocycles. The SMILES string of the molecule is Cc1cc(Cl)c(CNC(=O)c2cc(Cl)c3c(c2C)OC(C)(C2CCC(N4CC(OC5CC5)C4)CC2)O3)c(=O)[nH]1. The van der Waals surface area contributed by atoms with Crippen LogP contribution in [0.25, 0.3) is 0 Å². The van der Waals surface area contributed by atoms with Gasteiger partial charge in [0.1, 0.15) is 0 Å². The summed E-state index contributed by atoms with van der Waals surface area (Å²) in [7, 11) is 0. The second kappa shape index (κ2) is 10.3. The van der Waals surface area contributed by atoms with Crippen LogP contribution in [0, 0.1) is 19.8 Å². The number of ether oxygens (including phenoxy) is 3. The van der Waals surface area contributed by atoms with E-state index in [4.69, 9.17) is 37.4 Å². The lowest BCUT2D eigenvalue weighted by Crippen LogP contribution is -2.58. The quantitative estimate of drug-likeness (QED) is 0.475. The van der Waals surface area contributed by atoms with Gasteiger partial charge in [0.25, 0.3) is 17.3 Å². The van der Waals surface area contributed by atoms with Crippen molar-refractivity contribution in [3.8, 4) is 11.5 Å². The van der Waals surface area contributed by atoms with Crippen molar-refractivity contribution in [2.75, 3.05) is 13.1 Å². The number of aromatic amines is 1. The van der Waals surface area contributed by atoms with E-state index in [0.29, 0.717) is 62.2 Å². The second-order valence-corrected chi connectivity index (χ2v) is 12.4. The number of H-pyrrole nitrogens is 1. The van der Waals surface area contributed by atoms with Crippen molar-refractivity contribution in [2.45, 2.75) is 89.9 Å². The zero-order valence-corrected chi connectivity index (χ0v) is 24.1. The number of aromatic nitrogens is 1. The lowest BCUT2D eigenvalue weighted by molar-refractivity contribution is -0.133. The Morgan fingerprint density at radius 2 is 1.74 bits per heavy atom. The number of pyridine rings is 1. The molecule has 3 heterocycles. The Hall–Kier alpha value is -2.26. The normalized spacial score (nSPS) is 26.9. The number of halogens is 2. The number of aryl methyl sites for hydroxylation is 1. The van der Waals surface area contributed by atoms with Crippen molar-refractivity contribution in [1.82, 2.24) is 15.2 Å². The number of likely N-dealkylation sites (tertiary alicyclic amines) is 1. The Balaban J connectivity index is 1.09. The average molecular weight is 577 g/mol. The monoisotopic (exact) mass is 575 g/mol. The molecule has 10 heteroatoms. The number of rotatable bonds is 7. The zero-order valence-electron chi connectivity index (χ0n) is 22.6. The number of carbonyl (C=O) groups is 1. The zero-order chi connectivity index (χ0) is 27.5. The molecule has 0 radical (unpaired) electrons. The van der Waals surface area contributed by atoms with Crippen LogP contribution in [-0.4, -0.2) is 52.9 Å². The minimum atomic E-state index is -0.841. The first-order valence-corrected chi connectivity index (χ1v) is 14.6. The molecule has 1 unspecified atom stereocenters. The van der Waals surface area contributed by atoms with E-state index in [9.17, 15) is 9.59 Å². The molecule has 1 aromatic heterocycles. The van der Waals surface area contributed by atoms with E-state index in [2.05, 4.69) is 15.2 Å². The third kappa shape index (κ3) is 5.29. The average Bonchev–Trinajstić information content (AvgIpc) is 3.61. The first-order chi connectivity index (χ1) is 18.6. The fourth-order valence-electron chi connectivity index (χ4n) is 6.15. The molecule has 3 fully saturated rings. The molecule has 2 N–H and O–H groups in total. The Morgan fingerprint density at radius 3 is 2.41 bits per heavy atom. The van der Waals surface area contributed by atoms with Gasteiger partial charge in [0.05, 0.1) is 34.4 Å². The molecule has 2 aliphatic carbocycles. The van der Waals surface area contributed by atoms with Gasteiger partial charge in [-0.2, -0.15) is 0 Å². The molecule has 210 valence electrons. The lowest BCUT2D eigenvalue weighted by atomic mass is 9.80. The summed E-state index contributed by atoms with van der Waals surface area (Å²) >= 11 is 12.8. The number of amides is 1. The highest BCUT2D eigenvalue weighted by atomic mass is 35.5. The van der Waals surface area contributed by atoms with Gasteiger partial charge in [-0.05, 0) is 64.5 Å². The highest BCUT2D eigenvalue weighted by Crippen LogP contribution is 2.52. The summed E-state index contributed by atoms with van der Waals surface area (Å²) in [6, 6.07) is 3.84. The van der Waals surface area contributed by atoms with Crippen LogP contribution in [-0.2, 0) is 11.3 Å². The fraction of sp³-hybridized carbons (Fsp3) is 0.586. The topological polar surface area (TPSA) is 92.9 Å². The summed E-state index contributed by atoms with van der Waals surface area (Å²) in [5, 5.41) is 3.42. The highest BCUT2D eigenvalue weighted by Gasteiger charge is 2.48. The number of nitrogens with zero attached hydrogens (tertiary/aromatic N) is 1. The maximum atomic E-state index is 13.1. The van der Waals surface area contributed by atoms with E-state index in [1.165, 1.54) is 12.8 Å². The Bertz CT molecular complexity index is 1350. The van der Waals surface area contributed by atoms with Crippen LogP contribution in [0.4, 0.5) is 0 Å². The molecular weight excluding hydrogens is 541 g/mol. The predicted molar refractivity (Wildman–Crippen MR) is 149 cm³/mol. The third-order valence-corrected chi connectivity index (χ3v) is 9.29. The summed E-state index contributed by atoms with van der Waals surface area (Å²) in [6.45, 7) is 7.63. The second-order valence-electron chi connectivity index (χ2n) is 11.6. The number of hydrogen-bond acceptors (Lipinski definition) is 6. The van der Waals surface area contributed by atoms with Gasteiger partial charge >= 0.3 is 0 Å². The molecular formula is C29H35Cl2N3O5. The molecule has 4 aliphatic rings. The molecule has 0 spiro atoms. The Labute approximate surface area is 238 Å². The fourth-order valence-corrected chi connectivity index (χ4v) is 6.70. The number of hydrogen-bond donors (Lipinski definition) is 2. The maximum absolute atomic E-state index is 13.1. The standard InChI is InChI=1S/C29H35Cl2N3O5/c1-15-10-23(30)22(28(36)33-15)12-32-27(35)21-11-24(31)26-25(16(21)2)38-29(3,39-26)17-4-6-18(7-5-17)34-13-20(14-34)37-19-8-9-19/h10-11,17-20H,4-9,12-14H2,1-3H3,(H,32,35)(H,33,36). The van der Waals surface area contributed by atoms with Gasteiger partial charge in [0.2, 0.25) is 0 Å².